The highest BCUT2D eigenvalue weighted by molar-refractivity contribution is 4.87. The third-order valence-electron chi connectivity index (χ3n) is 5.77. The molecule has 0 aliphatic rings. The second kappa shape index (κ2) is 13.1. The lowest BCUT2D eigenvalue weighted by atomic mass is 9.87. The van der Waals surface area contributed by atoms with Crippen molar-refractivity contribution in [3.05, 3.63) is 0 Å². The fourth-order valence-electron chi connectivity index (χ4n) is 3.87. The largest absolute Gasteiger partial charge is 0.395 e. The van der Waals surface area contributed by atoms with E-state index in [0.717, 1.165) is 30.6 Å². The molecule has 0 fully saturated rings. The molecular weight excluding hydrogens is 310 g/mol. The Balaban J connectivity index is 3.88. The van der Waals surface area contributed by atoms with Crippen LogP contribution in [0.2, 0.25) is 0 Å². The van der Waals surface area contributed by atoms with Gasteiger partial charge in [-0.25, -0.2) is 0 Å². The lowest BCUT2D eigenvalue weighted by molar-refractivity contribution is -0.0470. The SMILES string of the molecule is CC(C)CCCC(C)CCCC(C)CCCC(C)(O)C(CO)N(C)C. The molecule has 0 aliphatic heterocycles. The first-order valence-electron chi connectivity index (χ1n) is 10.6. The Kier molecular flexibility index (Phi) is 13.0. The molecule has 0 spiro atoms. The van der Waals surface area contributed by atoms with Crippen LogP contribution in [0.15, 0.2) is 0 Å². The van der Waals surface area contributed by atoms with Crippen molar-refractivity contribution in [2.75, 3.05) is 20.7 Å². The third kappa shape index (κ3) is 12.0. The Morgan fingerprint density at radius 1 is 0.800 bits per heavy atom. The van der Waals surface area contributed by atoms with Gasteiger partial charge < -0.3 is 15.1 Å². The van der Waals surface area contributed by atoms with E-state index >= 15 is 0 Å². The van der Waals surface area contributed by atoms with E-state index in [-0.39, 0.29) is 12.6 Å². The van der Waals surface area contributed by atoms with E-state index in [4.69, 9.17) is 0 Å². The first kappa shape index (κ1) is 24.9. The van der Waals surface area contributed by atoms with Gasteiger partial charge in [0.1, 0.15) is 0 Å². The second-order valence-electron chi connectivity index (χ2n) is 9.38. The summed E-state index contributed by atoms with van der Waals surface area (Å²) in [6.07, 6.45) is 11.1. The lowest BCUT2D eigenvalue weighted by Gasteiger charge is -2.36. The lowest BCUT2D eigenvalue weighted by Crippen LogP contribution is -2.50. The summed E-state index contributed by atoms with van der Waals surface area (Å²) in [7, 11) is 3.83. The molecule has 4 atom stereocenters. The van der Waals surface area contributed by atoms with Crippen LogP contribution in [0.5, 0.6) is 0 Å². The van der Waals surface area contributed by atoms with Crippen molar-refractivity contribution in [1.82, 2.24) is 4.90 Å². The molecule has 0 aromatic heterocycles. The minimum absolute atomic E-state index is 0.00422. The van der Waals surface area contributed by atoms with Gasteiger partial charge in [0.2, 0.25) is 0 Å². The standard InChI is InChI=1S/C22H47NO2/c1-18(2)11-8-12-19(3)13-9-14-20(4)15-10-16-22(5,25)21(17-24)23(6)7/h18-21,24-25H,8-17H2,1-7H3. The third-order valence-corrected chi connectivity index (χ3v) is 5.77. The van der Waals surface area contributed by atoms with Crippen LogP contribution in [0.25, 0.3) is 0 Å². The van der Waals surface area contributed by atoms with Gasteiger partial charge in [0.15, 0.2) is 0 Å². The summed E-state index contributed by atoms with van der Waals surface area (Å²) in [4.78, 5) is 1.92. The van der Waals surface area contributed by atoms with Crippen LogP contribution in [0.3, 0.4) is 0 Å². The smallest absolute Gasteiger partial charge is 0.0796 e. The fourth-order valence-corrected chi connectivity index (χ4v) is 3.87. The number of rotatable bonds is 15. The molecule has 0 aromatic carbocycles. The predicted molar refractivity (Wildman–Crippen MR) is 110 cm³/mol. The minimum Gasteiger partial charge on any atom is -0.395 e. The maximum absolute atomic E-state index is 10.6. The fraction of sp³-hybridized carbons (Fsp3) is 1.00. The molecule has 0 bridgehead atoms. The van der Waals surface area contributed by atoms with Crippen molar-refractivity contribution < 1.29 is 10.2 Å². The van der Waals surface area contributed by atoms with Gasteiger partial charge in [-0.1, -0.05) is 79.1 Å². The first-order valence-corrected chi connectivity index (χ1v) is 10.6. The number of hydrogen-bond acceptors (Lipinski definition) is 3. The molecule has 0 saturated carbocycles. The number of hydrogen-bond donors (Lipinski definition) is 2. The van der Waals surface area contributed by atoms with Gasteiger partial charge in [-0.15, -0.1) is 0 Å². The summed E-state index contributed by atoms with van der Waals surface area (Å²) < 4.78 is 0. The average molecular weight is 358 g/mol. The molecule has 3 heteroatoms. The molecule has 0 aromatic rings. The number of aliphatic hydroxyl groups excluding tert-OH is 1. The van der Waals surface area contributed by atoms with E-state index in [1.165, 1.54) is 44.9 Å². The summed E-state index contributed by atoms with van der Waals surface area (Å²) in [6.45, 7) is 11.2. The van der Waals surface area contributed by atoms with Gasteiger partial charge in [-0.2, -0.15) is 0 Å². The number of aliphatic hydroxyl groups is 2. The molecule has 152 valence electrons. The maximum atomic E-state index is 10.6. The van der Waals surface area contributed by atoms with Crippen molar-refractivity contribution in [2.45, 2.75) is 104 Å². The Morgan fingerprint density at radius 3 is 1.64 bits per heavy atom. The van der Waals surface area contributed by atoms with E-state index in [2.05, 4.69) is 27.7 Å². The number of nitrogens with zero attached hydrogens (tertiary/aromatic N) is 1. The predicted octanol–water partition coefficient (Wildman–Crippen LogP) is 5.10. The van der Waals surface area contributed by atoms with Gasteiger partial charge in [0, 0.05) is 0 Å². The van der Waals surface area contributed by atoms with Crippen LogP contribution in [-0.2, 0) is 0 Å². The topological polar surface area (TPSA) is 43.7 Å². The van der Waals surface area contributed by atoms with E-state index in [9.17, 15) is 10.2 Å². The van der Waals surface area contributed by atoms with Crippen LogP contribution in [-0.4, -0.2) is 47.5 Å². The Hall–Kier alpha value is -0.120. The van der Waals surface area contributed by atoms with Gasteiger partial charge in [-0.3, -0.25) is 0 Å². The highest BCUT2D eigenvalue weighted by Gasteiger charge is 2.32. The molecule has 0 amide bonds. The molecule has 3 nitrogen and oxygen atoms in total. The van der Waals surface area contributed by atoms with E-state index in [1.54, 1.807) is 0 Å². The molecule has 4 unspecified atom stereocenters. The zero-order valence-electron chi connectivity index (χ0n) is 18.2. The Morgan fingerprint density at radius 2 is 1.24 bits per heavy atom. The minimum atomic E-state index is -0.817. The Labute approximate surface area is 158 Å². The molecule has 0 saturated heterocycles. The van der Waals surface area contributed by atoms with E-state index < -0.39 is 5.60 Å². The summed E-state index contributed by atoms with van der Waals surface area (Å²) in [5.74, 6) is 2.42. The summed E-state index contributed by atoms with van der Waals surface area (Å²) >= 11 is 0. The molecule has 0 aliphatic carbocycles. The van der Waals surface area contributed by atoms with Crippen molar-refractivity contribution in [2.24, 2.45) is 17.8 Å². The summed E-state index contributed by atoms with van der Waals surface area (Å²) in [5, 5.41) is 20.1. The quantitative estimate of drug-likeness (QED) is 0.428. The van der Waals surface area contributed by atoms with Crippen molar-refractivity contribution in [3.8, 4) is 0 Å². The van der Waals surface area contributed by atoms with Crippen LogP contribution in [0, 0.1) is 17.8 Å². The number of likely N-dealkylation sites (N-methyl/N-ethyl adjacent to an activating group) is 1. The highest BCUT2D eigenvalue weighted by atomic mass is 16.3. The maximum Gasteiger partial charge on any atom is 0.0796 e. The Bertz CT molecular complexity index is 315. The van der Waals surface area contributed by atoms with Gasteiger partial charge in [-0.05, 0) is 45.2 Å². The van der Waals surface area contributed by atoms with Gasteiger partial charge >= 0.3 is 0 Å². The van der Waals surface area contributed by atoms with Crippen LogP contribution in [0.4, 0.5) is 0 Å². The van der Waals surface area contributed by atoms with E-state index in [0.29, 0.717) is 0 Å². The second-order valence-corrected chi connectivity index (χ2v) is 9.38. The van der Waals surface area contributed by atoms with Crippen LogP contribution < -0.4 is 0 Å². The van der Waals surface area contributed by atoms with Gasteiger partial charge in [0.05, 0.1) is 18.2 Å². The summed E-state index contributed by atoms with van der Waals surface area (Å²) in [5.41, 5.74) is -0.817. The summed E-state index contributed by atoms with van der Waals surface area (Å²) in [6, 6.07) is -0.186. The zero-order valence-corrected chi connectivity index (χ0v) is 18.2. The van der Waals surface area contributed by atoms with Crippen LogP contribution >= 0.6 is 0 Å². The first-order chi connectivity index (χ1) is 11.6. The molecule has 0 radical (unpaired) electrons. The zero-order chi connectivity index (χ0) is 19.5. The monoisotopic (exact) mass is 357 g/mol. The van der Waals surface area contributed by atoms with Crippen molar-refractivity contribution in [3.63, 3.8) is 0 Å². The van der Waals surface area contributed by atoms with Crippen LogP contribution in [0.1, 0.15) is 92.4 Å². The van der Waals surface area contributed by atoms with Gasteiger partial charge in [0.25, 0.3) is 0 Å². The normalized spacial score (nSPS) is 18.4. The average Bonchev–Trinajstić information content (AvgIpc) is 2.46. The molecule has 0 rings (SSSR count). The van der Waals surface area contributed by atoms with Crippen molar-refractivity contribution in [1.29, 1.82) is 0 Å². The van der Waals surface area contributed by atoms with Crippen molar-refractivity contribution >= 4 is 0 Å². The molecule has 25 heavy (non-hydrogen) atoms. The molecule has 2 N–H and O–H groups in total. The highest BCUT2D eigenvalue weighted by Crippen LogP contribution is 2.25. The molecule has 0 heterocycles. The van der Waals surface area contributed by atoms with E-state index in [1.807, 2.05) is 25.9 Å². The molecular formula is C22H47NO2.